The highest BCUT2D eigenvalue weighted by atomic mass is 16.5. The summed E-state index contributed by atoms with van der Waals surface area (Å²) in [6, 6.07) is 12.1. The molecular formula is C22H27NO3. The summed E-state index contributed by atoms with van der Waals surface area (Å²) in [5, 5.41) is 11.3. The average Bonchev–Trinajstić information content (AvgIpc) is 3.50. The SMILES string of the molecule is CCC(=O)N(O)c1c(COc2ccc(CC)cc2C)cccc1C1CC1. The van der Waals surface area contributed by atoms with Crippen LogP contribution in [0.1, 0.15) is 61.3 Å². The minimum absolute atomic E-state index is 0.257. The summed E-state index contributed by atoms with van der Waals surface area (Å²) in [5.41, 5.74) is 4.84. The Morgan fingerprint density at radius 2 is 2.00 bits per heavy atom. The van der Waals surface area contributed by atoms with Gasteiger partial charge < -0.3 is 4.74 Å². The molecule has 1 aliphatic rings. The van der Waals surface area contributed by atoms with Crippen LogP contribution in [-0.2, 0) is 17.8 Å². The van der Waals surface area contributed by atoms with Gasteiger partial charge in [0, 0.05) is 12.0 Å². The number of hydrogen-bond acceptors (Lipinski definition) is 3. The van der Waals surface area contributed by atoms with E-state index in [0.717, 1.165) is 46.8 Å². The molecule has 1 aliphatic carbocycles. The molecule has 2 aromatic rings. The number of anilines is 1. The highest BCUT2D eigenvalue weighted by Gasteiger charge is 2.30. The Bertz CT molecular complexity index is 796. The standard InChI is InChI=1S/C22H27NO3/c1-4-16-9-12-20(15(3)13-16)26-14-18-7-6-8-19(17-10-11-17)22(18)23(25)21(24)5-2/h6-9,12-13,17,25H,4-5,10-11,14H2,1-3H3. The van der Waals surface area contributed by atoms with Gasteiger partial charge >= 0.3 is 0 Å². The topological polar surface area (TPSA) is 49.8 Å². The van der Waals surface area contributed by atoms with E-state index in [1.165, 1.54) is 5.56 Å². The maximum atomic E-state index is 12.1. The molecule has 0 radical (unpaired) electrons. The second-order valence-electron chi connectivity index (χ2n) is 6.93. The number of nitrogens with zero attached hydrogens (tertiary/aromatic N) is 1. The number of carbonyl (C=O) groups excluding carboxylic acids is 1. The lowest BCUT2D eigenvalue weighted by atomic mass is 10.0. The zero-order chi connectivity index (χ0) is 18.7. The van der Waals surface area contributed by atoms with Crippen LogP contribution < -0.4 is 9.80 Å². The van der Waals surface area contributed by atoms with Crippen molar-refractivity contribution >= 4 is 11.6 Å². The first-order valence-corrected chi connectivity index (χ1v) is 9.41. The van der Waals surface area contributed by atoms with Gasteiger partial charge in [-0.15, -0.1) is 0 Å². The molecule has 0 aromatic heterocycles. The van der Waals surface area contributed by atoms with Gasteiger partial charge in [-0.1, -0.05) is 44.2 Å². The van der Waals surface area contributed by atoms with E-state index in [1.807, 2.05) is 31.2 Å². The van der Waals surface area contributed by atoms with Gasteiger partial charge in [0.05, 0.1) is 5.69 Å². The minimum atomic E-state index is -0.303. The van der Waals surface area contributed by atoms with Gasteiger partial charge in [-0.05, 0) is 54.9 Å². The van der Waals surface area contributed by atoms with Crippen LogP contribution in [0.25, 0.3) is 0 Å². The van der Waals surface area contributed by atoms with Crippen LogP contribution in [0.15, 0.2) is 36.4 Å². The van der Waals surface area contributed by atoms with E-state index in [1.54, 1.807) is 6.92 Å². The highest BCUT2D eigenvalue weighted by molar-refractivity contribution is 5.92. The second kappa shape index (κ2) is 7.92. The van der Waals surface area contributed by atoms with E-state index in [4.69, 9.17) is 4.74 Å². The summed E-state index contributed by atoms with van der Waals surface area (Å²) < 4.78 is 6.03. The second-order valence-corrected chi connectivity index (χ2v) is 6.93. The lowest BCUT2D eigenvalue weighted by Gasteiger charge is -2.22. The number of aryl methyl sites for hydroxylation is 2. The molecule has 26 heavy (non-hydrogen) atoms. The molecular weight excluding hydrogens is 326 g/mol. The number of carbonyl (C=O) groups is 1. The molecule has 0 spiro atoms. The van der Waals surface area contributed by atoms with Crippen LogP contribution in [0.2, 0.25) is 0 Å². The van der Waals surface area contributed by atoms with Crippen LogP contribution in [0.4, 0.5) is 5.69 Å². The van der Waals surface area contributed by atoms with Crippen LogP contribution in [0.3, 0.4) is 0 Å². The molecule has 1 saturated carbocycles. The van der Waals surface area contributed by atoms with Crippen LogP contribution in [-0.4, -0.2) is 11.1 Å². The molecule has 0 atom stereocenters. The molecule has 0 heterocycles. The van der Waals surface area contributed by atoms with Crippen molar-refractivity contribution < 1.29 is 14.7 Å². The first-order chi connectivity index (χ1) is 12.5. The van der Waals surface area contributed by atoms with E-state index < -0.39 is 0 Å². The summed E-state index contributed by atoms with van der Waals surface area (Å²) >= 11 is 0. The normalized spacial score (nSPS) is 13.5. The molecule has 1 fully saturated rings. The number of amides is 1. The van der Waals surface area contributed by atoms with Crippen molar-refractivity contribution in [3.63, 3.8) is 0 Å². The van der Waals surface area contributed by atoms with Crippen molar-refractivity contribution in [2.24, 2.45) is 0 Å². The lowest BCUT2D eigenvalue weighted by molar-refractivity contribution is -0.123. The Kier molecular flexibility index (Phi) is 5.62. The Morgan fingerprint density at radius 3 is 2.62 bits per heavy atom. The van der Waals surface area contributed by atoms with Gasteiger partial charge in [-0.3, -0.25) is 10.0 Å². The van der Waals surface area contributed by atoms with Crippen molar-refractivity contribution in [1.29, 1.82) is 0 Å². The predicted molar refractivity (Wildman–Crippen MR) is 103 cm³/mol. The van der Waals surface area contributed by atoms with Crippen LogP contribution in [0, 0.1) is 6.92 Å². The van der Waals surface area contributed by atoms with Crippen molar-refractivity contribution in [3.8, 4) is 5.75 Å². The Morgan fingerprint density at radius 1 is 1.23 bits per heavy atom. The molecule has 138 valence electrons. The molecule has 1 N–H and O–H groups in total. The van der Waals surface area contributed by atoms with Crippen LogP contribution in [0.5, 0.6) is 5.75 Å². The maximum absolute atomic E-state index is 12.1. The first-order valence-electron chi connectivity index (χ1n) is 9.41. The molecule has 3 rings (SSSR count). The Balaban J connectivity index is 1.87. The number of para-hydroxylation sites is 1. The zero-order valence-corrected chi connectivity index (χ0v) is 15.8. The lowest BCUT2D eigenvalue weighted by Crippen LogP contribution is -2.28. The summed E-state index contributed by atoms with van der Waals surface area (Å²) in [6.45, 7) is 6.23. The number of ether oxygens (including phenoxy) is 1. The highest BCUT2D eigenvalue weighted by Crippen LogP contribution is 2.45. The van der Waals surface area contributed by atoms with Gasteiger partial charge in [0.1, 0.15) is 12.4 Å². The van der Waals surface area contributed by atoms with E-state index in [-0.39, 0.29) is 12.3 Å². The third-order valence-electron chi connectivity index (χ3n) is 4.95. The van der Waals surface area contributed by atoms with Gasteiger partial charge in [0.2, 0.25) is 5.91 Å². The summed E-state index contributed by atoms with van der Waals surface area (Å²) in [5.74, 6) is 0.953. The van der Waals surface area contributed by atoms with Gasteiger partial charge in [-0.25, -0.2) is 0 Å². The molecule has 0 saturated heterocycles. The largest absolute Gasteiger partial charge is 0.489 e. The van der Waals surface area contributed by atoms with Crippen molar-refractivity contribution in [2.45, 2.75) is 59.0 Å². The van der Waals surface area contributed by atoms with E-state index in [9.17, 15) is 10.0 Å². The number of hydroxylamine groups is 1. The summed E-state index contributed by atoms with van der Waals surface area (Å²) in [7, 11) is 0. The maximum Gasteiger partial charge on any atom is 0.250 e. The summed E-state index contributed by atoms with van der Waals surface area (Å²) in [4.78, 5) is 12.1. The third-order valence-corrected chi connectivity index (χ3v) is 4.95. The van der Waals surface area contributed by atoms with E-state index >= 15 is 0 Å². The van der Waals surface area contributed by atoms with Crippen molar-refractivity contribution in [3.05, 3.63) is 58.7 Å². The average molecular weight is 353 g/mol. The molecule has 0 bridgehead atoms. The van der Waals surface area contributed by atoms with E-state index in [2.05, 4.69) is 19.1 Å². The number of rotatable bonds is 7. The number of benzene rings is 2. The fourth-order valence-electron chi connectivity index (χ4n) is 3.23. The zero-order valence-electron chi connectivity index (χ0n) is 15.8. The molecule has 4 nitrogen and oxygen atoms in total. The van der Waals surface area contributed by atoms with Gasteiger partial charge in [0.25, 0.3) is 0 Å². The Hall–Kier alpha value is -2.33. The van der Waals surface area contributed by atoms with E-state index in [0.29, 0.717) is 18.2 Å². The van der Waals surface area contributed by atoms with Crippen LogP contribution >= 0.6 is 0 Å². The molecule has 2 aromatic carbocycles. The molecule has 0 aliphatic heterocycles. The quantitative estimate of drug-likeness (QED) is 0.553. The fourth-order valence-corrected chi connectivity index (χ4v) is 3.23. The fraction of sp³-hybridized carbons (Fsp3) is 0.409. The number of hydrogen-bond donors (Lipinski definition) is 1. The molecule has 1 amide bonds. The summed E-state index contributed by atoms with van der Waals surface area (Å²) in [6.07, 6.45) is 3.45. The van der Waals surface area contributed by atoms with Crippen molar-refractivity contribution in [1.82, 2.24) is 0 Å². The minimum Gasteiger partial charge on any atom is -0.489 e. The monoisotopic (exact) mass is 353 g/mol. The first kappa shape index (κ1) is 18.5. The predicted octanol–water partition coefficient (Wildman–Crippen LogP) is 5.15. The van der Waals surface area contributed by atoms with Gasteiger partial charge in [-0.2, -0.15) is 5.06 Å². The Labute approximate surface area is 155 Å². The smallest absolute Gasteiger partial charge is 0.250 e. The van der Waals surface area contributed by atoms with Gasteiger partial charge in [0.15, 0.2) is 0 Å². The van der Waals surface area contributed by atoms with Crippen molar-refractivity contribution in [2.75, 3.05) is 5.06 Å². The molecule has 4 heteroatoms. The third kappa shape index (κ3) is 3.91. The molecule has 0 unspecified atom stereocenters.